The number of nitro benzene ring substituents is 1. The van der Waals surface area contributed by atoms with E-state index >= 15 is 0 Å². The lowest BCUT2D eigenvalue weighted by Gasteiger charge is -2.28. The maximum absolute atomic E-state index is 10.8. The van der Waals surface area contributed by atoms with E-state index in [9.17, 15) is 10.1 Å². The minimum atomic E-state index is -0.326. The summed E-state index contributed by atoms with van der Waals surface area (Å²) in [6.07, 6.45) is 3.33. The normalized spacial score (nSPS) is 18.2. The Balaban J connectivity index is 2.07. The SMILES string of the molecule is CC[C@@H](NC1CCSCC1)c1cccc([N+](=O)[O-])c1. The first-order chi connectivity index (χ1) is 9.20. The van der Waals surface area contributed by atoms with Gasteiger partial charge in [-0.25, -0.2) is 0 Å². The summed E-state index contributed by atoms with van der Waals surface area (Å²) in [5.41, 5.74) is 1.20. The van der Waals surface area contributed by atoms with Crippen molar-refractivity contribution in [2.24, 2.45) is 0 Å². The third-order valence-electron chi connectivity index (χ3n) is 3.55. The van der Waals surface area contributed by atoms with E-state index in [1.807, 2.05) is 17.8 Å². The Kier molecular flexibility index (Phi) is 5.22. The van der Waals surface area contributed by atoms with Crippen LogP contribution in [0.15, 0.2) is 24.3 Å². The fourth-order valence-corrected chi connectivity index (χ4v) is 3.56. The number of rotatable bonds is 5. The van der Waals surface area contributed by atoms with E-state index in [0.29, 0.717) is 6.04 Å². The molecular formula is C14H20N2O2S. The zero-order chi connectivity index (χ0) is 13.7. The molecule has 1 aliphatic rings. The summed E-state index contributed by atoms with van der Waals surface area (Å²) in [4.78, 5) is 10.5. The van der Waals surface area contributed by atoms with Crippen LogP contribution in [-0.4, -0.2) is 22.5 Å². The molecule has 5 heteroatoms. The molecule has 0 bridgehead atoms. The Labute approximate surface area is 118 Å². The van der Waals surface area contributed by atoms with Crippen molar-refractivity contribution >= 4 is 17.4 Å². The summed E-state index contributed by atoms with van der Waals surface area (Å²) in [5.74, 6) is 2.42. The summed E-state index contributed by atoms with van der Waals surface area (Å²) in [7, 11) is 0. The molecule has 1 aromatic rings. The molecular weight excluding hydrogens is 260 g/mol. The van der Waals surface area contributed by atoms with Crippen molar-refractivity contribution < 1.29 is 4.92 Å². The Hall–Kier alpha value is -1.07. The fraction of sp³-hybridized carbons (Fsp3) is 0.571. The molecule has 1 aromatic carbocycles. The van der Waals surface area contributed by atoms with Gasteiger partial charge >= 0.3 is 0 Å². The van der Waals surface area contributed by atoms with Crippen LogP contribution < -0.4 is 5.32 Å². The van der Waals surface area contributed by atoms with Gasteiger partial charge in [0.15, 0.2) is 0 Å². The number of nitro groups is 1. The predicted octanol–water partition coefficient (Wildman–Crippen LogP) is 3.53. The molecule has 1 atom stereocenters. The lowest BCUT2D eigenvalue weighted by molar-refractivity contribution is -0.384. The second kappa shape index (κ2) is 6.91. The van der Waals surface area contributed by atoms with Gasteiger partial charge in [-0.3, -0.25) is 10.1 Å². The Morgan fingerprint density at radius 3 is 2.84 bits per heavy atom. The van der Waals surface area contributed by atoms with Crippen LogP contribution in [0.3, 0.4) is 0 Å². The average Bonchev–Trinajstić information content (AvgIpc) is 2.46. The largest absolute Gasteiger partial charge is 0.307 e. The third kappa shape index (κ3) is 3.94. The van der Waals surface area contributed by atoms with Gasteiger partial charge in [-0.15, -0.1) is 0 Å². The number of hydrogen-bond acceptors (Lipinski definition) is 4. The van der Waals surface area contributed by atoms with E-state index in [1.165, 1.54) is 24.3 Å². The number of nitrogens with zero attached hydrogens (tertiary/aromatic N) is 1. The van der Waals surface area contributed by atoms with Gasteiger partial charge in [0.05, 0.1) is 4.92 Å². The maximum Gasteiger partial charge on any atom is 0.269 e. The molecule has 0 unspecified atom stereocenters. The van der Waals surface area contributed by atoms with Gasteiger partial charge in [0.1, 0.15) is 0 Å². The van der Waals surface area contributed by atoms with E-state index in [4.69, 9.17) is 0 Å². The van der Waals surface area contributed by atoms with Crippen molar-refractivity contribution in [2.45, 2.75) is 38.3 Å². The minimum Gasteiger partial charge on any atom is -0.307 e. The summed E-state index contributed by atoms with van der Waals surface area (Å²) >= 11 is 2.01. The highest BCUT2D eigenvalue weighted by atomic mass is 32.2. The molecule has 0 aliphatic carbocycles. The van der Waals surface area contributed by atoms with E-state index in [0.717, 1.165) is 12.0 Å². The summed E-state index contributed by atoms with van der Waals surface area (Å²) in [6, 6.07) is 7.76. The Morgan fingerprint density at radius 1 is 1.47 bits per heavy atom. The van der Waals surface area contributed by atoms with E-state index in [2.05, 4.69) is 12.2 Å². The molecule has 104 valence electrons. The number of thioether (sulfide) groups is 1. The van der Waals surface area contributed by atoms with Crippen LogP contribution in [0.25, 0.3) is 0 Å². The maximum atomic E-state index is 10.8. The molecule has 1 heterocycles. The van der Waals surface area contributed by atoms with Crippen molar-refractivity contribution in [1.82, 2.24) is 5.32 Å². The van der Waals surface area contributed by atoms with Crippen molar-refractivity contribution in [3.8, 4) is 0 Å². The highest BCUT2D eigenvalue weighted by molar-refractivity contribution is 7.99. The number of non-ortho nitro benzene ring substituents is 1. The monoisotopic (exact) mass is 280 g/mol. The number of benzene rings is 1. The Morgan fingerprint density at radius 2 is 2.21 bits per heavy atom. The summed E-state index contributed by atoms with van der Waals surface area (Å²) in [5, 5.41) is 14.5. The van der Waals surface area contributed by atoms with Gasteiger partial charge in [-0.1, -0.05) is 19.1 Å². The van der Waals surface area contributed by atoms with Crippen LogP contribution in [0.1, 0.15) is 37.8 Å². The first-order valence-electron chi connectivity index (χ1n) is 6.79. The van der Waals surface area contributed by atoms with Crippen LogP contribution in [0.4, 0.5) is 5.69 Å². The predicted molar refractivity (Wildman–Crippen MR) is 79.6 cm³/mol. The quantitative estimate of drug-likeness (QED) is 0.662. The molecule has 2 rings (SSSR count). The smallest absolute Gasteiger partial charge is 0.269 e. The molecule has 19 heavy (non-hydrogen) atoms. The molecule has 0 radical (unpaired) electrons. The molecule has 1 aliphatic heterocycles. The molecule has 0 spiro atoms. The first-order valence-corrected chi connectivity index (χ1v) is 7.94. The van der Waals surface area contributed by atoms with E-state index < -0.39 is 0 Å². The van der Waals surface area contributed by atoms with Crippen LogP contribution in [0.5, 0.6) is 0 Å². The highest BCUT2D eigenvalue weighted by Gasteiger charge is 2.19. The van der Waals surface area contributed by atoms with Crippen molar-refractivity contribution in [3.05, 3.63) is 39.9 Å². The number of hydrogen-bond donors (Lipinski definition) is 1. The van der Waals surface area contributed by atoms with Gasteiger partial charge in [0.2, 0.25) is 0 Å². The number of nitrogens with one attached hydrogen (secondary N) is 1. The Bertz CT molecular complexity index is 433. The third-order valence-corrected chi connectivity index (χ3v) is 4.60. The first kappa shape index (κ1) is 14.3. The zero-order valence-electron chi connectivity index (χ0n) is 11.2. The molecule has 0 saturated carbocycles. The van der Waals surface area contributed by atoms with Crippen LogP contribution in [0, 0.1) is 10.1 Å². The zero-order valence-corrected chi connectivity index (χ0v) is 12.0. The molecule has 1 N–H and O–H groups in total. The van der Waals surface area contributed by atoms with Gasteiger partial charge in [-0.2, -0.15) is 11.8 Å². The van der Waals surface area contributed by atoms with Crippen molar-refractivity contribution in [2.75, 3.05) is 11.5 Å². The molecule has 4 nitrogen and oxygen atoms in total. The lowest BCUT2D eigenvalue weighted by Crippen LogP contribution is -2.35. The van der Waals surface area contributed by atoms with Gasteiger partial charge in [0.25, 0.3) is 5.69 Å². The summed E-state index contributed by atoms with van der Waals surface area (Å²) in [6.45, 7) is 2.12. The fourth-order valence-electron chi connectivity index (χ4n) is 2.45. The van der Waals surface area contributed by atoms with Crippen LogP contribution in [-0.2, 0) is 0 Å². The van der Waals surface area contributed by atoms with E-state index in [-0.39, 0.29) is 16.7 Å². The van der Waals surface area contributed by atoms with Gasteiger partial charge in [0, 0.05) is 24.2 Å². The topological polar surface area (TPSA) is 55.2 Å². The highest BCUT2D eigenvalue weighted by Crippen LogP contribution is 2.25. The van der Waals surface area contributed by atoms with Crippen LogP contribution >= 0.6 is 11.8 Å². The van der Waals surface area contributed by atoms with Crippen molar-refractivity contribution in [1.29, 1.82) is 0 Å². The molecule has 0 aromatic heterocycles. The standard InChI is InChI=1S/C14H20N2O2S/c1-2-14(15-12-6-8-19-9-7-12)11-4-3-5-13(10-11)16(17)18/h3-5,10,12,14-15H,2,6-9H2,1H3/t14-/m1/s1. The van der Waals surface area contributed by atoms with Gasteiger partial charge < -0.3 is 5.32 Å². The van der Waals surface area contributed by atoms with E-state index in [1.54, 1.807) is 18.2 Å². The van der Waals surface area contributed by atoms with Gasteiger partial charge in [-0.05, 0) is 36.3 Å². The average molecular weight is 280 g/mol. The van der Waals surface area contributed by atoms with Crippen molar-refractivity contribution in [3.63, 3.8) is 0 Å². The lowest BCUT2D eigenvalue weighted by atomic mass is 10.0. The van der Waals surface area contributed by atoms with Crippen LogP contribution in [0.2, 0.25) is 0 Å². The molecule has 1 saturated heterocycles. The second-order valence-corrected chi connectivity index (χ2v) is 6.09. The minimum absolute atomic E-state index is 0.178. The second-order valence-electron chi connectivity index (χ2n) is 4.87. The summed E-state index contributed by atoms with van der Waals surface area (Å²) < 4.78 is 0. The molecule has 0 amide bonds. The molecule has 1 fully saturated rings.